The molecule has 0 amide bonds. The van der Waals surface area contributed by atoms with Crippen LogP contribution in [-0.4, -0.2) is 115 Å². The van der Waals surface area contributed by atoms with Crippen molar-refractivity contribution < 1.29 is 50.5 Å². The summed E-state index contributed by atoms with van der Waals surface area (Å²) < 4.78 is 35.6. The maximum Gasteiger partial charge on any atom is 0.209 e. The van der Waals surface area contributed by atoms with Crippen LogP contribution in [0.3, 0.4) is 0 Å². The number of anilines is 1. The van der Waals surface area contributed by atoms with Crippen molar-refractivity contribution in [2.45, 2.75) is 38.5 Å². The van der Waals surface area contributed by atoms with Gasteiger partial charge in [0.1, 0.15) is 6.61 Å². The van der Waals surface area contributed by atoms with Gasteiger partial charge in [0.25, 0.3) is 0 Å². The summed E-state index contributed by atoms with van der Waals surface area (Å²) in [5.74, 6) is 0. The van der Waals surface area contributed by atoms with E-state index in [1.807, 2.05) is 0 Å². The molecule has 4 rings (SSSR count). The van der Waals surface area contributed by atoms with E-state index in [2.05, 4.69) is 116 Å². The van der Waals surface area contributed by atoms with Crippen molar-refractivity contribution in [3.63, 3.8) is 0 Å². The van der Waals surface area contributed by atoms with Crippen LogP contribution in [0.2, 0.25) is 0 Å². The Kier molecular flexibility index (Phi) is 17.9. The van der Waals surface area contributed by atoms with Crippen LogP contribution in [-0.2, 0) is 39.3 Å². The van der Waals surface area contributed by atoms with E-state index in [0.717, 1.165) is 13.1 Å². The van der Waals surface area contributed by atoms with Crippen LogP contribution in [0.4, 0.5) is 11.4 Å². The van der Waals surface area contributed by atoms with Crippen molar-refractivity contribution in [2.75, 3.05) is 104 Å². The second-order valence-electron chi connectivity index (χ2n) is 13.0. The molecule has 0 radical (unpaired) electrons. The van der Waals surface area contributed by atoms with E-state index < -0.39 is 0 Å². The minimum atomic E-state index is -0.140. The SMILES string of the molecule is COCCOCCOCCOCCN1/C(=C/C=C/C=C/C2=[N+](CCOCCOCCO)c3ccccc3C2(C)C)C(C)(C)c2ccccc21.[Cl-]. The molecule has 2 aliphatic rings. The minimum Gasteiger partial charge on any atom is -1.00 e. The van der Waals surface area contributed by atoms with E-state index in [4.69, 9.17) is 33.5 Å². The molecule has 0 saturated carbocycles. The van der Waals surface area contributed by atoms with Gasteiger partial charge in [0.15, 0.2) is 12.3 Å². The van der Waals surface area contributed by atoms with Crippen molar-refractivity contribution >= 4 is 17.1 Å². The highest BCUT2D eigenvalue weighted by atomic mass is 35.5. The van der Waals surface area contributed by atoms with Crippen LogP contribution < -0.4 is 17.3 Å². The van der Waals surface area contributed by atoms with Crippen LogP contribution >= 0.6 is 0 Å². The van der Waals surface area contributed by atoms with Crippen molar-refractivity contribution in [1.82, 2.24) is 0 Å². The summed E-state index contributed by atoms with van der Waals surface area (Å²) in [6, 6.07) is 17.3. The molecule has 0 fully saturated rings. The number of hydrogen-bond acceptors (Lipinski definition) is 8. The maximum absolute atomic E-state index is 8.90. The largest absolute Gasteiger partial charge is 1.00 e. The predicted octanol–water partition coefficient (Wildman–Crippen LogP) is 2.58. The van der Waals surface area contributed by atoms with Gasteiger partial charge in [-0.2, -0.15) is 4.58 Å². The molecular weight excluding hydrogens is 656 g/mol. The fraction of sp³-hybridized carbons (Fsp3) is 0.525. The number of fused-ring (bicyclic) bond motifs is 2. The number of rotatable bonds is 23. The van der Waals surface area contributed by atoms with E-state index in [-0.39, 0.29) is 29.8 Å². The van der Waals surface area contributed by atoms with Gasteiger partial charge in [0, 0.05) is 48.2 Å². The lowest BCUT2D eigenvalue weighted by molar-refractivity contribution is -0.442. The van der Waals surface area contributed by atoms with Gasteiger partial charge in [-0.25, -0.2) is 0 Å². The van der Waals surface area contributed by atoms with Crippen molar-refractivity contribution in [2.24, 2.45) is 0 Å². The molecule has 2 aliphatic heterocycles. The molecule has 9 nitrogen and oxygen atoms in total. The number of benzene rings is 2. The molecule has 50 heavy (non-hydrogen) atoms. The Balaban J connectivity index is 0.00000676. The normalized spacial score (nSPS) is 16.9. The molecule has 10 heteroatoms. The summed E-state index contributed by atoms with van der Waals surface area (Å²) in [7, 11) is 1.66. The highest BCUT2D eigenvalue weighted by Crippen LogP contribution is 2.47. The van der Waals surface area contributed by atoms with Gasteiger partial charge in [0.05, 0.1) is 78.1 Å². The first-order chi connectivity index (χ1) is 23.8. The number of methoxy groups -OCH3 is 1. The summed E-state index contributed by atoms with van der Waals surface area (Å²) >= 11 is 0. The number of nitrogens with zero attached hydrogens (tertiary/aromatic N) is 2. The molecule has 0 aromatic heterocycles. The summed E-state index contributed by atoms with van der Waals surface area (Å²) in [6.45, 7) is 16.5. The number of para-hydroxylation sites is 2. The maximum atomic E-state index is 8.90. The zero-order valence-electron chi connectivity index (χ0n) is 30.6. The number of allylic oxidation sites excluding steroid dienone is 6. The van der Waals surface area contributed by atoms with E-state index in [1.54, 1.807) is 7.11 Å². The monoisotopic (exact) mass is 712 g/mol. The zero-order chi connectivity index (χ0) is 35.0. The average molecular weight is 713 g/mol. The molecule has 0 saturated heterocycles. The molecule has 2 aromatic rings. The Bertz CT molecular complexity index is 1440. The Morgan fingerprint density at radius 3 is 1.92 bits per heavy atom. The number of ether oxygens (including phenoxy) is 6. The van der Waals surface area contributed by atoms with Crippen LogP contribution in [0, 0.1) is 0 Å². The molecule has 2 heterocycles. The molecule has 1 N–H and O–H groups in total. The third-order valence-corrected chi connectivity index (χ3v) is 9.03. The van der Waals surface area contributed by atoms with Gasteiger partial charge >= 0.3 is 0 Å². The minimum absolute atomic E-state index is 0. The first kappa shape index (κ1) is 41.6. The fourth-order valence-electron chi connectivity index (χ4n) is 6.50. The van der Waals surface area contributed by atoms with Crippen molar-refractivity contribution in [3.8, 4) is 0 Å². The Labute approximate surface area is 305 Å². The van der Waals surface area contributed by atoms with E-state index in [9.17, 15) is 0 Å². The lowest BCUT2D eigenvalue weighted by Crippen LogP contribution is -3.00. The summed E-state index contributed by atoms with van der Waals surface area (Å²) in [6.07, 6.45) is 10.9. The van der Waals surface area contributed by atoms with Gasteiger partial charge < -0.3 is 50.8 Å². The van der Waals surface area contributed by atoms with Crippen LogP contribution in [0.25, 0.3) is 0 Å². The Hall–Kier alpha value is -2.86. The van der Waals surface area contributed by atoms with Gasteiger partial charge in [-0.15, -0.1) is 0 Å². The van der Waals surface area contributed by atoms with Crippen LogP contribution in [0.5, 0.6) is 0 Å². The Morgan fingerprint density at radius 1 is 0.660 bits per heavy atom. The third kappa shape index (κ3) is 11.1. The standard InChI is InChI=1S/C40H57N2O7.ClH/c1-39(2)33-13-9-11-15-35(33)41(19-22-45-27-29-47-24-21-43)37(39)17-7-6-8-18-38-40(3,4)34-14-10-12-16-36(34)42(38)20-23-46-28-30-49-32-31-48-26-25-44-5;/h6-18,43H,19-32H2,1-5H3;1H/q+1;/p-1. The number of aliphatic hydroxyl groups is 1. The summed E-state index contributed by atoms with van der Waals surface area (Å²) in [4.78, 5) is 2.38. The molecule has 0 unspecified atom stereocenters. The van der Waals surface area contributed by atoms with Gasteiger partial charge in [-0.05, 0) is 31.6 Å². The number of halogens is 1. The van der Waals surface area contributed by atoms with Gasteiger partial charge in [-0.1, -0.05) is 68.5 Å². The second kappa shape index (κ2) is 21.5. The van der Waals surface area contributed by atoms with E-state index >= 15 is 0 Å². The second-order valence-corrected chi connectivity index (χ2v) is 13.0. The molecule has 0 bridgehead atoms. The van der Waals surface area contributed by atoms with Crippen molar-refractivity contribution in [1.29, 1.82) is 0 Å². The number of aliphatic hydroxyl groups excluding tert-OH is 1. The lowest BCUT2D eigenvalue weighted by atomic mass is 9.81. The molecular formula is C40H57ClN2O7. The van der Waals surface area contributed by atoms with E-state index in [0.29, 0.717) is 72.7 Å². The van der Waals surface area contributed by atoms with Crippen LogP contribution in [0.1, 0.15) is 38.8 Å². The van der Waals surface area contributed by atoms with Gasteiger partial charge in [-0.3, -0.25) is 0 Å². The number of hydrogen-bond donors (Lipinski definition) is 1. The fourth-order valence-corrected chi connectivity index (χ4v) is 6.50. The third-order valence-electron chi connectivity index (χ3n) is 9.03. The van der Waals surface area contributed by atoms with Gasteiger partial charge in [0.2, 0.25) is 5.69 Å². The highest BCUT2D eigenvalue weighted by Gasteiger charge is 2.44. The predicted molar refractivity (Wildman–Crippen MR) is 195 cm³/mol. The van der Waals surface area contributed by atoms with Crippen LogP contribution in [0.15, 0.2) is 84.6 Å². The lowest BCUT2D eigenvalue weighted by Gasteiger charge is -2.27. The molecule has 0 spiro atoms. The summed E-state index contributed by atoms with van der Waals surface area (Å²) in [5, 5.41) is 8.90. The Morgan fingerprint density at radius 2 is 1.24 bits per heavy atom. The first-order valence-electron chi connectivity index (χ1n) is 17.5. The smallest absolute Gasteiger partial charge is 0.209 e. The zero-order valence-corrected chi connectivity index (χ0v) is 31.3. The van der Waals surface area contributed by atoms with E-state index in [1.165, 1.54) is 33.9 Å². The molecule has 0 aliphatic carbocycles. The molecule has 2 aromatic carbocycles. The van der Waals surface area contributed by atoms with Crippen molar-refractivity contribution in [3.05, 3.63) is 95.7 Å². The quantitative estimate of drug-likeness (QED) is 0.107. The average Bonchev–Trinajstić information content (AvgIpc) is 3.45. The molecule has 0 atom stereocenters. The highest BCUT2D eigenvalue weighted by molar-refractivity contribution is 6.03. The summed E-state index contributed by atoms with van der Waals surface area (Å²) in [5.41, 5.74) is 7.29. The first-order valence-corrected chi connectivity index (χ1v) is 17.5. The molecule has 276 valence electrons. The topological polar surface area (TPSA) is 81.9 Å².